The minimum absolute atomic E-state index is 0.316. The number of primary amides is 1. The Labute approximate surface area is 99.8 Å². The average Bonchev–Trinajstić information content (AvgIpc) is 2.26. The number of nitrogens with two attached hydrogens (primary N) is 1. The number of amides is 2. The van der Waals surface area contributed by atoms with Crippen molar-refractivity contribution in [2.75, 3.05) is 6.54 Å². The number of piperidine rings is 1. The molecule has 2 amide bonds. The summed E-state index contributed by atoms with van der Waals surface area (Å²) in [7, 11) is 0. The van der Waals surface area contributed by atoms with Crippen LogP contribution in [0.5, 0.6) is 0 Å². The first kappa shape index (κ1) is 13.5. The van der Waals surface area contributed by atoms with E-state index in [0.29, 0.717) is 18.9 Å². The van der Waals surface area contributed by atoms with Gasteiger partial charge in [-0.3, -0.25) is 14.4 Å². The molecule has 0 radical (unpaired) electrons. The molecule has 96 valence electrons. The molecule has 0 bridgehead atoms. The molecule has 1 saturated heterocycles. The number of nitrogens with zero attached hydrogens (tertiary/aromatic N) is 1. The van der Waals surface area contributed by atoms with Gasteiger partial charge in [0, 0.05) is 6.54 Å². The molecule has 1 rings (SSSR count). The van der Waals surface area contributed by atoms with Crippen molar-refractivity contribution < 1.29 is 19.5 Å². The summed E-state index contributed by atoms with van der Waals surface area (Å²) in [4.78, 5) is 35.3. The lowest BCUT2D eigenvalue weighted by Crippen LogP contribution is -2.54. The van der Waals surface area contributed by atoms with Crippen molar-refractivity contribution in [1.82, 2.24) is 4.90 Å². The third-order valence-electron chi connectivity index (χ3n) is 3.22. The third-order valence-corrected chi connectivity index (χ3v) is 3.22. The van der Waals surface area contributed by atoms with Crippen LogP contribution in [0.1, 0.15) is 26.7 Å². The lowest BCUT2D eigenvalue weighted by molar-refractivity contribution is -0.154. The minimum atomic E-state index is -1.18. The second kappa shape index (κ2) is 5.16. The Morgan fingerprint density at radius 1 is 1.41 bits per heavy atom. The highest BCUT2D eigenvalue weighted by atomic mass is 16.4. The zero-order chi connectivity index (χ0) is 13.2. The van der Waals surface area contributed by atoms with Crippen LogP contribution in [0, 0.1) is 11.8 Å². The van der Waals surface area contributed by atoms with Crippen LogP contribution < -0.4 is 5.73 Å². The molecular formula is C11H18N2O4. The van der Waals surface area contributed by atoms with Gasteiger partial charge in [-0.05, 0) is 25.7 Å². The van der Waals surface area contributed by atoms with Crippen LogP contribution in [0.25, 0.3) is 0 Å². The number of carboxylic acid groups (broad SMARTS) is 1. The maximum atomic E-state index is 11.9. The quantitative estimate of drug-likeness (QED) is 0.670. The molecule has 0 saturated carbocycles. The van der Waals surface area contributed by atoms with E-state index < -0.39 is 29.7 Å². The second-order valence-corrected chi connectivity index (χ2v) is 4.64. The van der Waals surface area contributed by atoms with Gasteiger partial charge < -0.3 is 15.7 Å². The summed E-state index contributed by atoms with van der Waals surface area (Å²) >= 11 is 0. The highest BCUT2D eigenvalue weighted by Crippen LogP contribution is 2.23. The van der Waals surface area contributed by atoms with Crippen LogP contribution in [-0.2, 0) is 14.4 Å². The summed E-state index contributed by atoms with van der Waals surface area (Å²) in [6.45, 7) is 3.70. The van der Waals surface area contributed by atoms with Crippen molar-refractivity contribution in [1.29, 1.82) is 0 Å². The molecule has 3 atom stereocenters. The van der Waals surface area contributed by atoms with E-state index in [2.05, 4.69) is 0 Å². The highest BCUT2D eigenvalue weighted by molar-refractivity contribution is 5.98. The van der Waals surface area contributed by atoms with E-state index in [1.807, 2.05) is 6.92 Å². The fourth-order valence-electron chi connectivity index (χ4n) is 2.03. The number of carbonyl (C=O) groups is 3. The number of carbonyl (C=O) groups excluding carboxylic acids is 2. The summed E-state index contributed by atoms with van der Waals surface area (Å²) in [6, 6.07) is -0.673. The molecule has 1 fully saturated rings. The molecule has 17 heavy (non-hydrogen) atoms. The highest BCUT2D eigenvalue weighted by Gasteiger charge is 2.37. The van der Waals surface area contributed by atoms with E-state index in [1.165, 1.54) is 11.8 Å². The Kier molecular flexibility index (Phi) is 4.09. The van der Waals surface area contributed by atoms with Crippen molar-refractivity contribution in [3.05, 3.63) is 0 Å². The normalized spacial score (nSPS) is 26.4. The molecule has 1 aliphatic heterocycles. The molecule has 1 heterocycles. The number of hydrogen-bond acceptors (Lipinski definition) is 3. The zero-order valence-corrected chi connectivity index (χ0v) is 10.0. The number of carboxylic acids is 1. The van der Waals surface area contributed by atoms with Gasteiger partial charge in [0.1, 0.15) is 12.0 Å². The van der Waals surface area contributed by atoms with Crippen molar-refractivity contribution in [2.24, 2.45) is 17.6 Å². The van der Waals surface area contributed by atoms with Crippen molar-refractivity contribution in [2.45, 2.75) is 32.7 Å². The summed E-state index contributed by atoms with van der Waals surface area (Å²) in [6.07, 6.45) is 1.27. The number of rotatable bonds is 3. The van der Waals surface area contributed by atoms with Gasteiger partial charge in [0.15, 0.2) is 0 Å². The van der Waals surface area contributed by atoms with Crippen molar-refractivity contribution in [3.63, 3.8) is 0 Å². The minimum Gasteiger partial charge on any atom is -0.481 e. The van der Waals surface area contributed by atoms with Crippen molar-refractivity contribution in [3.8, 4) is 0 Å². The number of hydrogen-bond donors (Lipinski definition) is 2. The Morgan fingerprint density at radius 2 is 2.00 bits per heavy atom. The van der Waals surface area contributed by atoms with Gasteiger partial charge in [-0.1, -0.05) is 6.92 Å². The van der Waals surface area contributed by atoms with Crippen LogP contribution in [0.3, 0.4) is 0 Å². The summed E-state index contributed by atoms with van der Waals surface area (Å²) in [5.74, 6) is -3.10. The average molecular weight is 242 g/mol. The first-order chi connectivity index (χ1) is 7.84. The lowest BCUT2D eigenvalue weighted by atomic mass is 9.91. The molecular weight excluding hydrogens is 224 g/mol. The Bertz CT molecular complexity index is 342. The van der Waals surface area contributed by atoms with Crippen LogP contribution in [-0.4, -0.2) is 40.4 Å². The lowest BCUT2D eigenvalue weighted by Gasteiger charge is -2.37. The van der Waals surface area contributed by atoms with E-state index in [0.717, 1.165) is 6.42 Å². The van der Waals surface area contributed by atoms with Crippen LogP contribution >= 0.6 is 0 Å². The number of likely N-dealkylation sites (tertiary alicyclic amines) is 1. The Hall–Kier alpha value is -1.59. The van der Waals surface area contributed by atoms with E-state index in [-0.39, 0.29) is 0 Å². The van der Waals surface area contributed by atoms with Crippen LogP contribution in [0.4, 0.5) is 0 Å². The van der Waals surface area contributed by atoms with Gasteiger partial charge in [0.05, 0.1) is 0 Å². The molecule has 1 aliphatic rings. The fraction of sp³-hybridized carbons (Fsp3) is 0.727. The van der Waals surface area contributed by atoms with Gasteiger partial charge in [0.25, 0.3) is 0 Å². The standard InChI is InChI=1S/C11H18N2O4/c1-6-3-4-13(8(5-6)9(12)14)10(15)7(2)11(16)17/h6-8H,3-5H2,1-2H3,(H2,12,14)(H,16,17). The van der Waals surface area contributed by atoms with Gasteiger partial charge in [-0.15, -0.1) is 0 Å². The smallest absolute Gasteiger partial charge is 0.315 e. The summed E-state index contributed by atoms with van der Waals surface area (Å²) in [5.41, 5.74) is 5.25. The fourth-order valence-corrected chi connectivity index (χ4v) is 2.03. The maximum absolute atomic E-state index is 11.9. The van der Waals surface area contributed by atoms with Gasteiger partial charge in [-0.25, -0.2) is 0 Å². The first-order valence-electron chi connectivity index (χ1n) is 5.67. The molecule has 3 unspecified atom stereocenters. The van der Waals surface area contributed by atoms with Crippen LogP contribution in [0.15, 0.2) is 0 Å². The third kappa shape index (κ3) is 2.95. The first-order valence-corrected chi connectivity index (χ1v) is 5.67. The van der Waals surface area contributed by atoms with Gasteiger partial charge in [0.2, 0.25) is 11.8 Å². The zero-order valence-electron chi connectivity index (χ0n) is 10.0. The largest absolute Gasteiger partial charge is 0.481 e. The van der Waals surface area contributed by atoms with Crippen molar-refractivity contribution >= 4 is 17.8 Å². The molecule has 0 aliphatic carbocycles. The molecule has 0 aromatic rings. The maximum Gasteiger partial charge on any atom is 0.315 e. The molecule has 6 nitrogen and oxygen atoms in total. The SMILES string of the molecule is CC1CCN(C(=O)C(C)C(=O)O)C(C(N)=O)C1. The van der Waals surface area contributed by atoms with E-state index >= 15 is 0 Å². The van der Waals surface area contributed by atoms with E-state index in [1.54, 1.807) is 0 Å². The second-order valence-electron chi connectivity index (χ2n) is 4.64. The predicted octanol–water partition coefficient (Wildman–Crippen LogP) is -0.180. The topological polar surface area (TPSA) is 101 Å². The van der Waals surface area contributed by atoms with E-state index in [9.17, 15) is 14.4 Å². The Balaban J connectivity index is 2.83. The summed E-state index contributed by atoms with van der Waals surface area (Å²) < 4.78 is 0. The summed E-state index contributed by atoms with van der Waals surface area (Å²) in [5, 5.41) is 8.80. The van der Waals surface area contributed by atoms with Gasteiger partial charge >= 0.3 is 5.97 Å². The Morgan fingerprint density at radius 3 is 2.47 bits per heavy atom. The molecule has 0 aromatic carbocycles. The van der Waals surface area contributed by atoms with Gasteiger partial charge in [-0.2, -0.15) is 0 Å². The molecule has 6 heteroatoms. The molecule has 0 aromatic heterocycles. The molecule has 3 N–H and O–H groups in total. The van der Waals surface area contributed by atoms with Crippen LogP contribution in [0.2, 0.25) is 0 Å². The number of aliphatic carboxylic acids is 1. The monoisotopic (exact) mass is 242 g/mol. The molecule has 0 spiro atoms. The predicted molar refractivity (Wildman–Crippen MR) is 59.9 cm³/mol. The van der Waals surface area contributed by atoms with E-state index in [4.69, 9.17) is 10.8 Å².